The molecule has 0 saturated carbocycles. The normalized spacial score (nSPS) is 12.3. The highest BCUT2D eigenvalue weighted by atomic mass is 79.9. The van der Waals surface area contributed by atoms with Gasteiger partial charge in [0.1, 0.15) is 13.2 Å². The lowest BCUT2D eigenvalue weighted by molar-refractivity contribution is -0.116. The van der Waals surface area contributed by atoms with Crippen molar-refractivity contribution < 1.29 is 14.3 Å². The molecule has 2 aromatic carbocycles. The lowest BCUT2D eigenvalue weighted by atomic mass is 10.1. The lowest BCUT2D eigenvalue weighted by Crippen LogP contribution is -2.17. The molecule has 6 heteroatoms. The highest BCUT2D eigenvalue weighted by Crippen LogP contribution is 2.38. The zero-order valence-corrected chi connectivity index (χ0v) is 14.4. The van der Waals surface area contributed by atoms with Crippen molar-refractivity contribution in [3.63, 3.8) is 0 Å². The Morgan fingerprint density at radius 2 is 1.83 bits per heavy atom. The van der Waals surface area contributed by atoms with Crippen LogP contribution in [0, 0.1) is 11.3 Å². The second kappa shape index (κ2) is 7.37. The fourth-order valence-corrected chi connectivity index (χ4v) is 2.80. The number of amides is 1. The Morgan fingerprint density at radius 1 is 1.17 bits per heavy atom. The van der Waals surface area contributed by atoms with E-state index in [9.17, 15) is 4.79 Å². The van der Waals surface area contributed by atoms with Crippen molar-refractivity contribution in [3.8, 4) is 17.6 Å². The molecule has 1 N–H and O–H groups in total. The molecule has 0 bridgehead atoms. The van der Waals surface area contributed by atoms with E-state index >= 15 is 0 Å². The standard InChI is InChI=1S/C18H15BrN2O3/c19-14-9-16-17(24-8-7-23-16)10-15(14)21-18(22)6-5-12-1-3-13(11-20)4-2-12/h1-4,9-10H,5-8H2,(H,21,22). The molecule has 0 radical (unpaired) electrons. The molecular weight excluding hydrogens is 372 g/mol. The summed E-state index contributed by atoms with van der Waals surface area (Å²) in [7, 11) is 0. The van der Waals surface area contributed by atoms with Crippen molar-refractivity contribution in [3.05, 3.63) is 52.0 Å². The maximum Gasteiger partial charge on any atom is 0.224 e. The Labute approximate surface area is 148 Å². The molecule has 0 atom stereocenters. The number of fused-ring (bicyclic) bond motifs is 1. The van der Waals surface area contributed by atoms with Gasteiger partial charge in [-0.2, -0.15) is 5.26 Å². The van der Waals surface area contributed by atoms with Gasteiger partial charge in [0.15, 0.2) is 11.5 Å². The van der Waals surface area contributed by atoms with Gasteiger partial charge in [-0.05, 0) is 40.0 Å². The number of rotatable bonds is 4. The molecule has 2 aromatic rings. The Kier molecular flexibility index (Phi) is 5.02. The van der Waals surface area contributed by atoms with Crippen molar-refractivity contribution in [2.24, 2.45) is 0 Å². The molecule has 5 nitrogen and oxygen atoms in total. The van der Waals surface area contributed by atoms with Gasteiger partial charge in [0.25, 0.3) is 0 Å². The van der Waals surface area contributed by atoms with E-state index in [1.807, 2.05) is 12.1 Å². The summed E-state index contributed by atoms with van der Waals surface area (Å²) < 4.78 is 11.8. The van der Waals surface area contributed by atoms with Gasteiger partial charge in [0.2, 0.25) is 5.91 Å². The molecule has 0 aromatic heterocycles. The maximum absolute atomic E-state index is 12.2. The molecule has 1 heterocycles. The van der Waals surface area contributed by atoms with Crippen molar-refractivity contribution >= 4 is 27.5 Å². The van der Waals surface area contributed by atoms with Crippen LogP contribution in [0.15, 0.2) is 40.9 Å². The fraction of sp³-hybridized carbons (Fsp3) is 0.222. The number of nitrogens with one attached hydrogen (secondary N) is 1. The molecule has 1 aliphatic heterocycles. The summed E-state index contributed by atoms with van der Waals surface area (Å²) in [5.74, 6) is 1.22. The lowest BCUT2D eigenvalue weighted by Gasteiger charge is -2.20. The second-order valence-electron chi connectivity index (χ2n) is 5.33. The first-order valence-corrected chi connectivity index (χ1v) is 8.33. The van der Waals surface area contributed by atoms with Crippen LogP contribution < -0.4 is 14.8 Å². The van der Waals surface area contributed by atoms with Crippen LogP contribution in [-0.2, 0) is 11.2 Å². The predicted octanol–water partition coefficient (Wildman–Crippen LogP) is 3.66. The van der Waals surface area contributed by atoms with Crippen molar-refractivity contribution in [1.82, 2.24) is 0 Å². The van der Waals surface area contributed by atoms with Crippen molar-refractivity contribution in [1.29, 1.82) is 5.26 Å². The van der Waals surface area contributed by atoms with E-state index in [1.54, 1.807) is 24.3 Å². The molecular formula is C18H15BrN2O3. The molecule has 1 aliphatic rings. The third-order valence-corrected chi connectivity index (χ3v) is 4.29. The number of carbonyl (C=O) groups is 1. The molecule has 122 valence electrons. The quantitative estimate of drug-likeness (QED) is 0.869. The van der Waals surface area contributed by atoms with Gasteiger partial charge in [-0.25, -0.2) is 0 Å². The number of anilines is 1. The van der Waals surface area contributed by atoms with Crippen LogP contribution in [0.4, 0.5) is 5.69 Å². The molecule has 1 amide bonds. The molecule has 0 unspecified atom stereocenters. The summed E-state index contributed by atoms with van der Waals surface area (Å²) in [5, 5.41) is 11.7. The first-order valence-electron chi connectivity index (χ1n) is 7.54. The molecule has 0 fully saturated rings. The molecule has 0 aliphatic carbocycles. The summed E-state index contributed by atoms with van der Waals surface area (Å²) >= 11 is 3.43. The number of hydrogen-bond donors (Lipinski definition) is 1. The highest BCUT2D eigenvalue weighted by Gasteiger charge is 2.16. The first-order chi connectivity index (χ1) is 11.7. The number of hydrogen-bond acceptors (Lipinski definition) is 4. The number of benzene rings is 2. The van der Waals surface area contributed by atoms with Gasteiger partial charge in [-0.15, -0.1) is 0 Å². The monoisotopic (exact) mass is 386 g/mol. The number of aryl methyl sites for hydroxylation is 1. The topological polar surface area (TPSA) is 71.4 Å². The van der Waals surface area contributed by atoms with Crippen molar-refractivity contribution in [2.75, 3.05) is 18.5 Å². The first kappa shape index (κ1) is 16.3. The minimum absolute atomic E-state index is 0.0864. The second-order valence-corrected chi connectivity index (χ2v) is 6.19. The Hall–Kier alpha value is -2.52. The average molecular weight is 387 g/mol. The average Bonchev–Trinajstić information content (AvgIpc) is 2.61. The summed E-state index contributed by atoms with van der Waals surface area (Å²) in [5.41, 5.74) is 2.29. The van der Waals surface area contributed by atoms with E-state index in [4.69, 9.17) is 14.7 Å². The number of halogens is 1. The molecule has 3 rings (SSSR count). The van der Waals surface area contributed by atoms with Crippen LogP contribution in [-0.4, -0.2) is 19.1 Å². The largest absolute Gasteiger partial charge is 0.486 e. The maximum atomic E-state index is 12.2. The van der Waals surface area contributed by atoms with Gasteiger partial charge >= 0.3 is 0 Å². The van der Waals surface area contributed by atoms with E-state index < -0.39 is 0 Å². The fourth-order valence-electron chi connectivity index (χ4n) is 2.38. The predicted molar refractivity (Wildman–Crippen MR) is 93.2 cm³/mol. The SMILES string of the molecule is N#Cc1ccc(CCC(=O)Nc2cc3c(cc2Br)OCCO3)cc1. The number of ether oxygens (including phenoxy) is 2. The molecule has 24 heavy (non-hydrogen) atoms. The minimum Gasteiger partial charge on any atom is -0.486 e. The van der Waals surface area contributed by atoms with Gasteiger partial charge in [-0.3, -0.25) is 4.79 Å². The van der Waals surface area contributed by atoms with Gasteiger partial charge in [0, 0.05) is 23.0 Å². The number of nitriles is 1. The zero-order chi connectivity index (χ0) is 16.9. The van der Waals surface area contributed by atoms with Gasteiger partial charge in [-0.1, -0.05) is 12.1 Å². The van der Waals surface area contributed by atoms with E-state index in [0.717, 1.165) is 10.0 Å². The summed E-state index contributed by atoms with van der Waals surface area (Å²) in [6.45, 7) is 1.02. The van der Waals surface area contributed by atoms with Crippen LogP contribution in [0.25, 0.3) is 0 Å². The third kappa shape index (κ3) is 3.87. The van der Waals surface area contributed by atoms with Gasteiger partial charge < -0.3 is 14.8 Å². The molecule has 0 spiro atoms. The van der Waals surface area contributed by atoms with E-state index in [0.29, 0.717) is 48.8 Å². The zero-order valence-electron chi connectivity index (χ0n) is 12.8. The Morgan fingerprint density at radius 3 is 2.50 bits per heavy atom. The number of carbonyl (C=O) groups excluding carboxylic acids is 1. The third-order valence-electron chi connectivity index (χ3n) is 3.63. The van der Waals surface area contributed by atoms with Crippen LogP contribution in [0.3, 0.4) is 0 Å². The van der Waals surface area contributed by atoms with Crippen LogP contribution in [0.1, 0.15) is 17.5 Å². The molecule has 0 saturated heterocycles. The van der Waals surface area contributed by atoms with Crippen LogP contribution in [0.5, 0.6) is 11.5 Å². The smallest absolute Gasteiger partial charge is 0.224 e. The number of nitrogens with zero attached hydrogens (tertiary/aromatic N) is 1. The highest BCUT2D eigenvalue weighted by molar-refractivity contribution is 9.10. The summed E-state index contributed by atoms with van der Waals surface area (Å²) in [6.07, 6.45) is 0.965. The van der Waals surface area contributed by atoms with Crippen LogP contribution in [0.2, 0.25) is 0 Å². The Bertz CT molecular complexity index is 797. The summed E-state index contributed by atoms with van der Waals surface area (Å²) in [4.78, 5) is 12.2. The van der Waals surface area contributed by atoms with E-state index in [1.165, 1.54) is 0 Å². The van der Waals surface area contributed by atoms with Crippen LogP contribution >= 0.6 is 15.9 Å². The van der Waals surface area contributed by atoms with E-state index in [-0.39, 0.29) is 5.91 Å². The summed E-state index contributed by atoms with van der Waals surface area (Å²) in [6, 6.07) is 12.9. The van der Waals surface area contributed by atoms with Gasteiger partial charge in [0.05, 0.1) is 17.3 Å². The van der Waals surface area contributed by atoms with Crippen molar-refractivity contribution in [2.45, 2.75) is 12.8 Å². The Balaban J connectivity index is 1.61. The van der Waals surface area contributed by atoms with E-state index in [2.05, 4.69) is 27.3 Å². The minimum atomic E-state index is -0.0864.